The van der Waals surface area contributed by atoms with E-state index in [-0.39, 0.29) is 23.9 Å². The van der Waals surface area contributed by atoms with Crippen LogP contribution in [0.5, 0.6) is 5.75 Å². The predicted molar refractivity (Wildman–Crippen MR) is 113 cm³/mol. The van der Waals surface area contributed by atoms with E-state index < -0.39 is 5.82 Å². The summed E-state index contributed by atoms with van der Waals surface area (Å²) in [5, 5.41) is 2.71. The highest BCUT2D eigenvalue weighted by molar-refractivity contribution is 5.94. The van der Waals surface area contributed by atoms with E-state index in [4.69, 9.17) is 9.47 Å². The Morgan fingerprint density at radius 2 is 1.90 bits per heavy atom. The molecule has 0 aliphatic carbocycles. The number of amides is 1. The first-order chi connectivity index (χ1) is 14.7. The monoisotopic (exact) mass is 411 g/mol. The van der Waals surface area contributed by atoms with Gasteiger partial charge in [0, 0.05) is 31.5 Å². The third-order valence-electron chi connectivity index (χ3n) is 4.57. The van der Waals surface area contributed by atoms with Crippen LogP contribution in [0.2, 0.25) is 0 Å². The van der Waals surface area contributed by atoms with Crippen LogP contribution in [0.3, 0.4) is 0 Å². The van der Waals surface area contributed by atoms with Crippen molar-refractivity contribution in [3.05, 3.63) is 65.7 Å². The number of nitrogens with one attached hydrogen (secondary N) is 1. The zero-order chi connectivity index (χ0) is 21.2. The Labute approximate surface area is 175 Å². The van der Waals surface area contributed by atoms with E-state index in [9.17, 15) is 9.18 Å². The fraction of sp³-hybridized carbons (Fsp3) is 0.348. The second-order valence-corrected chi connectivity index (χ2v) is 6.76. The van der Waals surface area contributed by atoms with Gasteiger partial charge in [-0.2, -0.15) is 0 Å². The largest absolute Gasteiger partial charge is 0.491 e. The van der Waals surface area contributed by atoms with Gasteiger partial charge in [0.1, 0.15) is 5.69 Å². The van der Waals surface area contributed by atoms with E-state index in [2.05, 4.69) is 15.3 Å². The van der Waals surface area contributed by atoms with Crippen molar-refractivity contribution in [2.45, 2.75) is 32.7 Å². The standard InChI is InChI=1S/C23H26FN3O3/c1-2-29-14-4-3-5-15-30-21-10-6-8-17(22(21)24)16-26-23(28)20-12-11-18-19(27-20)9-7-13-25-18/h6-13H,2-5,14-16H2,1H3,(H,26,28). The molecule has 158 valence electrons. The van der Waals surface area contributed by atoms with Crippen molar-refractivity contribution in [3.8, 4) is 5.75 Å². The van der Waals surface area contributed by atoms with Crippen molar-refractivity contribution in [1.29, 1.82) is 0 Å². The number of nitrogens with zero attached hydrogens (tertiary/aromatic N) is 2. The number of carbonyl (C=O) groups is 1. The van der Waals surface area contributed by atoms with Crippen LogP contribution in [0.4, 0.5) is 4.39 Å². The van der Waals surface area contributed by atoms with Crippen molar-refractivity contribution in [3.63, 3.8) is 0 Å². The fourth-order valence-electron chi connectivity index (χ4n) is 2.96. The van der Waals surface area contributed by atoms with Crippen LogP contribution < -0.4 is 10.1 Å². The number of halogens is 1. The third-order valence-corrected chi connectivity index (χ3v) is 4.57. The zero-order valence-corrected chi connectivity index (χ0v) is 17.1. The van der Waals surface area contributed by atoms with E-state index in [1.807, 2.05) is 6.92 Å². The second kappa shape index (κ2) is 11.2. The molecule has 1 aromatic carbocycles. The lowest BCUT2D eigenvalue weighted by Crippen LogP contribution is -2.24. The van der Waals surface area contributed by atoms with Gasteiger partial charge >= 0.3 is 0 Å². The number of rotatable bonds is 11. The molecule has 0 spiro atoms. The van der Waals surface area contributed by atoms with Crippen molar-refractivity contribution in [2.24, 2.45) is 0 Å². The molecule has 0 saturated heterocycles. The molecular formula is C23H26FN3O3. The van der Waals surface area contributed by atoms with E-state index in [1.54, 1.807) is 48.7 Å². The summed E-state index contributed by atoms with van der Waals surface area (Å²) in [6.45, 7) is 3.91. The molecule has 6 nitrogen and oxygen atoms in total. The average molecular weight is 411 g/mol. The Kier molecular flexibility index (Phi) is 8.09. The fourth-order valence-corrected chi connectivity index (χ4v) is 2.96. The van der Waals surface area contributed by atoms with E-state index >= 15 is 0 Å². The normalized spacial score (nSPS) is 10.9. The number of hydrogen-bond acceptors (Lipinski definition) is 5. The third kappa shape index (κ3) is 5.97. The first kappa shape index (κ1) is 21.6. The number of aromatic nitrogens is 2. The van der Waals surface area contributed by atoms with Crippen LogP contribution in [-0.4, -0.2) is 35.7 Å². The maximum atomic E-state index is 14.7. The van der Waals surface area contributed by atoms with Crippen LogP contribution in [0.1, 0.15) is 42.2 Å². The minimum absolute atomic E-state index is 0.0446. The molecule has 0 fully saturated rings. The zero-order valence-electron chi connectivity index (χ0n) is 17.1. The van der Waals surface area contributed by atoms with Crippen LogP contribution in [-0.2, 0) is 11.3 Å². The van der Waals surface area contributed by atoms with Gasteiger partial charge in [-0.1, -0.05) is 12.1 Å². The lowest BCUT2D eigenvalue weighted by Gasteiger charge is -2.11. The smallest absolute Gasteiger partial charge is 0.270 e. The first-order valence-corrected chi connectivity index (χ1v) is 10.2. The molecule has 2 aromatic heterocycles. The van der Waals surface area contributed by atoms with E-state index in [0.29, 0.717) is 23.2 Å². The SMILES string of the molecule is CCOCCCCCOc1cccc(CNC(=O)c2ccc3ncccc3n2)c1F. The Balaban J connectivity index is 1.52. The van der Waals surface area contributed by atoms with Gasteiger partial charge in [0.15, 0.2) is 11.6 Å². The minimum Gasteiger partial charge on any atom is -0.491 e. The van der Waals surface area contributed by atoms with Crippen molar-refractivity contribution in [1.82, 2.24) is 15.3 Å². The molecule has 7 heteroatoms. The Bertz CT molecular complexity index is 981. The quantitative estimate of drug-likeness (QED) is 0.477. The van der Waals surface area contributed by atoms with Gasteiger partial charge in [-0.25, -0.2) is 9.37 Å². The van der Waals surface area contributed by atoms with Crippen molar-refractivity contribution < 1.29 is 18.7 Å². The van der Waals surface area contributed by atoms with Crippen molar-refractivity contribution >= 4 is 16.9 Å². The summed E-state index contributed by atoms with van der Waals surface area (Å²) in [6, 6.07) is 11.8. The summed E-state index contributed by atoms with van der Waals surface area (Å²) in [6.07, 6.45) is 4.43. The number of unbranched alkanes of at least 4 members (excludes halogenated alkanes) is 2. The van der Waals surface area contributed by atoms with Gasteiger partial charge < -0.3 is 14.8 Å². The van der Waals surface area contributed by atoms with Crippen LogP contribution in [0.25, 0.3) is 11.0 Å². The lowest BCUT2D eigenvalue weighted by atomic mass is 10.2. The van der Waals surface area contributed by atoms with E-state index in [0.717, 1.165) is 32.5 Å². The molecule has 0 atom stereocenters. The second-order valence-electron chi connectivity index (χ2n) is 6.76. The molecule has 1 amide bonds. The topological polar surface area (TPSA) is 73.3 Å². The highest BCUT2D eigenvalue weighted by Crippen LogP contribution is 2.21. The lowest BCUT2D eigenvalue weighted by molar-refractivity contribution is 0.0946. The Morgan fingerprint density at radius 3 is 2.77 bits per heavy atom. The molecule has 0 aliphatic heterocycles. The first-order valence-electron chi connectivity index (χ1n) is 10.2. The number of carbonyl (C=O) groups excluding carboxylic acids is 1. The molecule has 0 unspecified atom stereocenters. The van der Waals surface area contributed by atoms with Gasteiger partial charge in [0.25, 0.3) is 5.91 Å². The molecule has 0 bridgehead atoms. The van der Waals surface area contributed by atoms with Crippen LogP contribution >= 0.6 is 0 Å². The molecule has 0 aliphatic rings. The number of benzene rings is 1. The van der Waals surface area contributed by atoms with Crippen LogP contribution in [0, 0.1) is 5.82 Å². The summed E-state index contributed by atoms with van der Waals surface area (Å²) >= 11 is 0. The number of ether oxygens (including phenoxy) is 2. The summed E-state index contributed by atoms with van der Waals surface area (Å²) in [7, 11) is 0. The minimum atomic E-state index is -0.456. The maximum absolute atomic E-state index is 14.7. The molecule has 3 aromatic rings. The van der Waals surface area contributed by atoms with Gasteiger partial charge in [0.2, 0.25) is 0 Å². The molecular weight excluding hydrogens is 385 g/mol. The highest BCUT2D eigenvalue weighted by Gasteiger charge is 2.12. The Morgan fingerprint density at radius 1 is 1.03 bits per heavy atom. The molecule has 3 rings (SSSR count). The summed E-state index contributed by atoms with van der Waals surface area (Å²) in [5.74, 6) is -0.634. The van der Waals surface area contributed by atoms with Gasteiger partial charge in [-0.15, -0.1) is 0 Å². The summed E-state index contributed by atoms with van der Waals surface area (Å²) in [5.41, 5.74) is 1.96. The van der Waals surface area contributed by atoms with Gasteiger partial charge in [0.05, 0.1) is 17.6 Å². The maximum Gasteiger partial charge on any atom is 0.270 e. The van der Waals surface area contributed by atoms with Crippen molar-refractivity contribution in [2.75, 3.05) is 19.8 Å². The highest BCUT2D eigenvalue weighted by atomic mass is 19.1. The molecule has 2 heterocycles. The molecule has 0 radical (unpaired) electrons. The van der Waals surface area contributed by atoms with Gasteiger partial charge in [-0.05, 0) is 56.5 Å². The predicted octanol–water partition coefficient (Wildman–Crippen LogP) is 4.28. The summed E-state index contributed by atoms with van der Waals surface area (Å²) < 4.78 is 25.6. The van der Waals surface area contributed by atoms with E-state index in [1.165, 1.54) is 0 Å². The summed E-state index contributed by atoms with van der Waals surface area (Å²) in [4.78, 5) is 20.9. The van der Waals surface area contributed by atoms with Gasteiger partial charge in [-0.3, -0.25) is 9.78 Å². The van der Waals surface area contributed by atoms with Crippen LogP contribution in [0.15, 0.2) is 48.7 Å². The molecule has 1 N–H and O–H groups in total. The molecule has 30 heavy (non-hydrogen) atoms. The average Bonchev–Trinajstić information content (AvgIpc) is 2.78. The Hall–Kier alpha value is -3.06. The molecule has 0 saturated carbocycles. The number of fused-ring (bicyclic) bond motifs is 1. The number of pyridine rings is 2. The number of hydrogen-bond donors (Lipinski definition) is 1.